The van der Waals surface area contributed by atoms with Gasteiger partial charge in [-0.3, -0.25) is 0 Å². The van der Waals surface area contributed by atoms with Crippen LogP contribution in [-0.2, 0) is 0 Å². The number of aliphatic hydroxyl groups is 1. The van der Waals surface area contributed by atoms with Crippen LogP contribution in [-0.4, -0.2) is 31.3 Å². The standard InChI is InChI=1S/C12H14N4O2/c17-9-5-2-1-4-8(9)12-15-11(16-18-12)10-13-6-3-7-14-10/h3,6-9,17H,1-2,4-5H2. The van der Waals surface area contributed by atoms with Crippen LogP contribution in [0.1, 0.15) is 37.5 Å². The highest BCUT2D eigenvalue weighted by Crippen LogP contribution is 2.32. The minimum absolute atomic E-state index is 0.0521. The molecule has 0 aromatic carbocycles. The molecule has 2 aromatic heterocycles. The van der Waals surface area contributed by atoms with E-state index in [0.717, 1.165) is 25.7 Å². The molecule has 0 aliphatic heterocycles. The summed E-state index contributed by atoms with van der Waals surface area (Å²) in [4.78, 5) is 12.4. The summed E-state index contributed by atoms with van der Waals surface area (Å²) in [6.45, 7) is 0. The molecule has 1 aliphatic rings. The van der Waals surface area contributed by atoms with Gasteiger partial charge in [0.1, 0.15) is 0 Å². The number of aliphatic hydroxyl groups excluding tert-OH is 1. The van der Waals surface area contributed by atoms with Crippen LogP contribution in [0, 0.1) is 0 Å². The van der Waals surface area contributed by atoms with Crippen molar-refractivity contribution in [2.45, 2.75) is 37.7 Å². The van der Waals surface area contributed by atoms with E-state index < -0.39 is 0 Å². The summed E-state index contributed by atoms with van der Waals surface area (Å²) >= 11 is 0. The van der Waals surface area contributed by atoms with Crippen molar-refractivity contribution >= 4 is 0 Å². The van der Waals surface area contributed by atoms with Crippen LogP contribution in [0.15, 0.2) is 23.0 Å². The van der Waals surface area contributed by atoms with Crippen LogP contribution in [0.5, 0.6) is 0 Å². The minimum atomic E-state index is -0.385. The topological polar surface area (TPSA) is 84.9 Å². The highest BCUT2D eigenvalue weighted by molar-refractivity contribution is 5.40. The Morgan fingerprint density at radius 2 is 1.89 bits per heavy atom. The molecular weight excluding hydrogens is 232 g/mol. The normalized spacial score (nSPS) is 24.1. The Hall–Kier alpha value is -1.82. The van der Waals surface area contributed by atoms with E-state index >= 15 is 0 Å². The van der Waals surface area contributed by atoms with Gasteiger partial charge in [0.2, 0.25) is 17.5 Å². The first-order chi connectivity index (χ1) is 8.84. The van der Waals surface area contributed by atoms with E-state index in [-0.39, 0.29) is 12.0 Å². The molecule has 1 saturated carbocycles. The SMILES string of the molecule is OC1CCCCC1c1nc(-c2ncccn2)no1. The van der Waals surface area contributed by atoms with Gasteiger partial charge in [-0.1, -0.05) is 18.0 Å². The van der Waals surface area contributed by atoms with Gasteiger partial charge in [0.15, 0.2) is 0 Å². The molecule has 6 heteroatoms. The van der Waals surface area contributed by atoms with Gasteiger partial charge in [0.25, 0.3) is 0 Å². The molecule has 18 heavy (non-hydrogen) atoms. The van der Waals surface area contributed by atoms with Crippen molar-refractivity contribution in [3.63, 3.8) is 0 Å². The maximum Gasteiger partial charge on any atom is 0.240 e. The zero-order valence-corrected chi connectivity index (χ0v) is 9.86. The van der Waals surface area contributed by atoms with Crippen molar-refractivity contribution in [2.24, 2.45) is 0 Å². The molecule has 6 nitrogen and oxygen atoms in total. The maximum atomic E-state index is 9.94. The predicted octanol–water partition coefficient (Wildman–Crippen LogP) is 1.55. The number of hydrogen-bond acceptors (Lipinski definition) is 6. The van der Waals surface area contributed by atoms with E-state index in [1.165, 1.54) is 0 Å². The van der Waals surface area contributed by atoms with Crippen molar-refractivity contribution < 1.29 is 9.63 Å². The van der Waals surface area contributed by atoms with Gasteiger partial charge in [-0.15, -0.1) is 0 Å². The van der Waals surface area contributed by atoms with Gasteiger partial charge in [-0.2, -0.15) is 4.98 Å². The fourth-order valence-electron chi connectivity index (χ4n) is 2.29. The van der Waals surface area contributed by atoms with Gasteiger partial charge in [0, 0.05) is 12.4 Å². The van der Waals surface area contributed by atoms with E-state index in [0.29, 0.717) is 17.5 Å². The Morgan fingerprint density at radius 1 is 1.11 bits per heavy atom. The van der Waals surface area contributed by atoms with E-state index in [4.69, 9.17) is 4.52 Å². The highest BCUT2D eigenvalue weighted by atomic mass is 16.5. The second kappa shape index (κ2) is 4.81. The summed E-state index contributed by atoms with van der Waals surface area (Å²) in [7, 11) is 0. The van der Waals surface area contributed by atoms with Gasteiger partial charge in [-0.25, -0.2) is 9.97 Å². The molecule has 0 bridgehead atoms. The van der Waals surface area contributed by atoms with Crippen LogP contribution in [0.3, 0.4) is 0 Å². The molecule has 1 N–H and O–H groups in total. The third-order valence-electron chi connectivity index (χ3n) is 3.25. The van der Waals surface area contributed by atoms with Crippen LogP contribution < -0.4 is 0 Å². The third kappa shape index (κ3) is 2.11. The molecular formula is C12H14N4O2. The molecule has 2 heterocycles. The maximum absolute atomic E-state index is 9.94. The molecule has 0 radical (unpaired) electrons. The number of hydrogen-bond donors (Lipinski definition) is 1. The summed E-state index contributed by atoms with van der Waals surface area (Å²) in [5.41, 5.74) is 0. The smallest absolute Gasteiger partial charge is 0.240 e. The largest absolute Gasteiger partial charge is 0.392 e. The quantitative estimate of drug-likeness (QED) is 0.865. The summed E-state index contributed by atoms with van der Waals surface area (Å²) in [5.74, 6) is 1.26. The Bertz CT molecular complexity index is 514. The fraction of sp³-hybridized carbons (Fsp3) is 0.500. The van der Waals surface area contributed by atoms with Crippen molar-refractivity contribution in [3.05, 3.63) is 24.4 Å². The molecule has 0 spiro atoms. The van der Waals surface area contributed by atoms with E-state index in [1.807, 2.05) is 0 Å². The molecule has 0 saturated heterocycles. The lowest BCUT2D eigenvalue weighted by Crippen LogP contribution is -2.22. The summed E-state index contributed by atoms with van der Waals surface area (Å²) in [6, 6.07) is 1.73. The molecule has 3 rings (SSSR count). The summed E-state index contributed by atoms with van der Waals surface area (Å²) in [5, 5.41) is 13.8. The van der Waals surface area contributed by atoms with Gasteiger partial charge >= 0.3 is 0 Å². The molecule has 0 amide bonds. The van der Waals surface area contributed by atoms with Crippen molar-refractivity contribution in [1.29, 1.82) is 0 Å². The average molecular weight is 246 g/mol. The van der Waals surface area contributed by atoms with Crippen LogP contribution >= 0.6 is 0 Å². The minimum Gasteiger partial charge on any atom is -0.392 e. The lowest BCUT2D eigenvalue weighted by Gasteiger charge is -2.23. The Balaban J connectivity index is 1.85. The summed E-state index contributed by atoms with van der Waals surface area (Å²) in [6.07, 6.45) is 6.70. The Labute approximate surface area is 104 Å². The van der Waals surface area contributed by atoms with Gasteiger partial charge in [0.05, 0.1) is 12.0 Å². The first-order valence-corrected chi connectivity index (χ1v) is 6.13. The Kier molecular flexibility index (Phi) is 3.02. The molecule has 1 fully saturated rings. The zero-order chi connectivity index (χ0) is 12.4. The first kappa shape index (κ1) is 11.3. The second-order valence-corrected chi connectivity index (χ2v) is 4.49. The van der Waals surface area contributed by atoms with E-state index in [9.17, 15) is 5.11 Å². The Morgan fingerprint density at radius 3 is 2.67 bits per heavy atom. The van der Waals surface area contributed by atoms with Crippen molar-refractivity contribution in [1.82, 2.24) is 20.1 Å². The van der Waals surface area contributed by atoms with Gasteiger partial charge < -0.3 is 9.63 Å². The van der Waals surface area contributed by atoms with Crippen molar-refractivity contribution in [3.8, 4) is 11.6 Å². The van der Waals surface area contributed by atoms with Gasteiger partial charge in [-0.05, 0) is 18.9 Å². The molecule has 2 atom stereocenters. The van der Waals surface area contributed by atoms with E-state index in [1.54, 1.807) is 18.5 Å². The second-order valence-electron chi connectivity index (χ2n) is 4.49. The van der Waals surface area contributed by atoms with Crippen LogP contribution in [0.2, 0.25) is 0 Å². The zero-order valence-electron chi connectivity index (χ0n) is 9.86. The number of nitrogens with zero attached hydrogens (tertiary/aromatic N) is 4. The molecule has 1 aliphatic carbocycles. The van der Waals surface area contributed by atoms with Crippen LogP contribution in [0.25, 0.3) is 11.6 Å². The monoisotopic (exact) mass is 246 g/mol. The third-order valence-corrected chi connectivity index (χ3v) is 3.25. The summed E-state index contributed by atoms with van der Waals surface area (Å²) < 4.78 is 5.23. The average Bonchev–Trinajstić information content (AvgIpc) is 2.90. The molecule has 2 aromatic rings. The first-order valence-electron chi connectivity index (χ1n) is 6.13. The molecule has 2 unspecified atom stereocenters. The van der Waals surface area contributed by atoms with E-state index in [2.05, 4.69) is 20.1 Å². The predicted molar refractivity (Wildman–Crippen MR) is 62.5 cm³/mol. The van der Waals surface area contributed by atoms with Crippen molar-refractivity contribution in [2.75, 3.05) is 0 Å². The fourth-order valence-corrected chi connectivity index (χ4v) is 2.29. The molecule has 94 valence electrons. The lowest BCUT2D eigenvalue weighted by atomic mass is 9.86. The van der Waals surface area contributed by atoms with Crippen LogP contribution in [0.4, 0.5) is 0 Å². The lowest BCUT2D eigenvalue weighted by molar-refractivity contribution is 0.0908. The number of aromatic nitrogens is 4. The number of rotatable bonds is 2. The highest BCUT2D eigenvalue weighted by Gasteiger charge is 2.29.